The maximum Gasteiger partial charge on any atom is 0.318 e. The highest BCUT2D eigenvalue weighted by atomic mass is 32.1. The molecule has 116 valence electrons. The Balaban J connectivity index is 2.00. The van der Waals surface area contributed by atoms with Crippen molar-refractivity contribution in [2.24, 2.45) is 0 Å². The van der Waals surface area contributed by atoms with Gasteiger partial charge in [0.2, 0.25) is 0 Å². The van der Waals surface area contributed by atoms with Crippen LogP contribution in [0, 0.1) is 0 Å². The van der Waals surface area contributed by atoms with E-state index in [1.165, 1.54) is 11.3 Å². The number of aromatic nitrogens is 1. The molecule has 0 fully saturated rings. The zero-order valence-electron chi connectivity index (χ0n) is 12.6. The van der Waals surface area contributed by atoms with Crippen LogP contribution in [0.25, 0.3) is 0 Å². The molecule has 2 aromatic rings. The van der Waals surface area contributed by atoms with E-state index in [4.69, 9.17) is 0 Å². The van der Waals surface area contributed by atoms with E-state index in [2.05, 4.69) is 20.9 Å². The van der Waals surface area contributed by atoms with Gasteiger partial charge < -0.3 is 16.0 Å². The van der Waals surface area contributed by atoms with Crippen LogP contribution < -0.4 is 16.0 Å². The Labute approximate surface area is 133 Å². The Morgan fingerprint density at radius 2 is 1.68 bits per heavy atom. The summed E-state index contributed by atoms with van der Waals surface area (Å²) in [5, 5.41) is 10.6. The molecule has 2 rings (SSSR count). The summed E-state index contributed by atoms with van der Waals surface area (Å²) in [6.07, 6.45) is 0. The number of urea groups is 1. The van der Waals surface area contributed by atoms with Crippen molar-refractivity contribution in [3.05, 3.63) is 40.3 Å². The van der Waals surface area contributed by atoms with Crippen LogP contribution in [0.3, 0.4) is 0 Å². The first kappa shape index (κ1) is 16.0. The van der Waals surface area contributed by atoms with Gasteiger partial charge in [0.15, 0.2) is 0 Å². The topological polar surface area (TPSA) is 83.1 Å². The Kier molecular flexibility index (Phi) is 5.11. The molecule has 0 saturated carbocycles. The molecule has 0 saturated heterocycles. The minimum atomic E-state index is -0.291. The van der Waals surface area contributed by atoms with Gasteiger partial charge in [0, 0.05) is 29.7 Å². The molecule has 22 heavy (non-hydrogen) atoms. The van der Waals surface area contributed by atoms with Crippen molar-refractivity contribution in [2.75, 3.05) is 17.7 Å². The molecular formula is C15H18N4O2S. The molecule has 0 radical (unpaired) electrons. The number of carbonyl (C=O) groups is 2. The van der Waals surface area contributed by atoms with Crippen LogP contribution in [-0.4, -0.2) is 24.0 Å². The number of nitrogens with zero attached hydrogens (tertiary/aromatic N) is 1. The van der Waals surface area contributed by atoms with E-state index in [1.807, 2.05) is 13.8 Å². The fourth-order valence-electron chi connectivity index (χ4n) is 1.68. The summed E-state index contributed by atoms with van der Waals surface area (Å²) in [6, 6.07) is 6.58. The monoisotopic (exact) mass is 318 g/mol. The standard InChI is InChI=1S/C15H18N4O2S/c1-9(2)14-19-12(8-22-14)13(20)17-10-4-6-11(7-5-10)18-15(21)16-3/h4-9H,1-3H3,(H,17,20)(H2,16,18,21). The highest BCUT2D eigenvalue weighted by Gasteiger charge is 2.12. The number of hydrogen-bond donors (Lipinski definition) is 3. The van der Waals surface area contributed by atoms with Gasteiger partial charge in [-0.05, 0) is 24.3 Å². The molecule has 0 aliphatic rings. The smallest absolute Gasteiger partial charge is 0.318 e. The second kappa shape index (κ2) is 7.04. The van der Waals surface area contributed by atoms with Crippen LogP contribution in [0.15, 0.2) is 29.6 Å². The predicted octanol–water partition coefficient (Wildman–Crippen LogP) is 3.27. The van der Waals surface area contributed by atoms with E-state index in [9.17, 15) is 9.59 Å². The van der Waals surface area contributed by atoms with Crippen molar-refractivity contribution in [3.8, 4) is 0 Å². The van der Waals surface area contributed by atoms with E-state index in [1.54, 1.807) is 36.7 Å². The van der Waals surface area contributed by atoms with Gasteiger partial charge in [0.25, 0.3) is 5.91 Å². The molecule has 0 aliphatic carbocycles. The summed E-state index contributed by atoms with van der Waals surface area (Å²) >= 11 is 1.48. The lowest BCUT2D eigenvalue weighted by Crippen LogP contribution is -2.24. The summed E-state index contributed by atoms with van der Waals surface area (Å²) in [5.41, 5.74) is 1.71. The van der Waals surface area contributed by atoms with Crippen molar-refractivity contribution < 1.29 is 9.59 Å². The van der Waals surface area contributed by atoms with Gasteiger partial charge in [0.1, 0.15) is 5.69 Å². The molecule has 0 spiro atoms. The van der Waals surface area contributed by atoms with Gasteiger partial charge in [-0.15, -0.1) is 11.3 Å². The molecule has 1 heterocycles. The minimum Gasteiger partial charge on any atom is -0.341 e. The molecule has 6 nitrogen and oxygen atoms in total. The van der Waals surface area contributed by atoms with Crippen LogP contribution in [0.5, 0.6) is 0 Å². The molecular weight excluding hydrogens is 300 g/mol. The summed E-state index contributed by atoms with van der Waals surface area (Å²) in [5.74, 6) is 0.0665. The summed E-state index contributed by atoms with van der Waals surface area (Å²) < 4.78 is 0. The second-order valence-electron chi connectivity index (χ2n) is 4.96. The van der Waals surface area contributed by atoms with Crippen LogP contribution in [-0.2, 0) is 0 Å². The van der Waals surface area contributed by atoms with Gasteiger partial charge >= 0.3 is 6.03 Å². The van der Waals surface area contributed by atoms with Gasteiger partial charge in [-0.25, -0.2) is 9.78 Å². The summed E-state index contributed by atoms with van der Waals surface area (Å²) in [6.45, 7) is 4.08. The highest BCUT2D eigenvalue weighted by molar-refractivity contribution is 7.09. The third-order valence-electron chi connectivity index (χ3n) is 2.88. The molecule has 1 aromatic carbocycles. The SMILES string of the molecule is CNC(=O)Nc1ccc(NC(=O)c2csc(C(C)C)n2)cc1. The molecule has 0 bridgehead atoms. The van der Waals surface area contributed by atoms with Crippen LogP contribution in [0.1, 0.15) is 35.3 Å². The van der Waals surface area contributed by atoms with Crippen molar-refractivity contribution >= 4 is 34.6 Å². The lowest BCUT2D eigenvalue weighted by atomic mass is 10.2. The average Bonchev–Trinajstić information content (AvgIpc) is 2.99. The Morgan fingerprint density at radius 3 is 2.18 bits per heavy atom. The van der Waals surface area contributed by atoms with Gasteiger partial charge in [-0.3, -0.25) is 4.79 Å². The molecule has 0 atom stereocenters. The van der Waals surface area contributed by atoms with Crippen LogP contribution in [0.2, 0.25) is 0 Å². The molecule has 3 amide bonds. The zero-order chi connectivity index (χ0) is 16.1. The molecule has 7 heteroatoms. The van der Waals surface area contributed by atoms with Crippen molar-refractivity contribution in [3.63, 3.8) is 0 Å². The largest absolute Gasteiger partial charge is 0.341 e. The molecule has 0 aliphatic heterocycles. The Bertz CT molecular complexity index is 664. The van der Waals surface area contributed by atoms with Gasteiger partial charge in [-0.1, -0.05) is 13.8 Å². The maximum atomic E-state index is 12.1. The summed E-state index contributed by atoms with van der Waals surface area (Å²) in [7, 11) is 1.54. The molecule has 0 unspecified atom stereocenters. The van der Waals surface area contributed by atoms with Crippen molar-refractivity contribution in [1.29, 1.82) is 0 Å². The average molecular weight is 318 g/mol. The number of rotatable bonds is 4. The first-order chi connectivity index (χ1) is 10.5. The maximum absolute atomic E-state index is 12.1. The number of benzene rings is 1. The van der Waals surface area contributed by atoms with E-state index in [0.29, 0.717) is 23.0 Å². The lowest BCUT2D eigenvalue weighted by Gasteiger charge is -2.06. The highest BCUT2D eigenvalue weighted by Crippen LogP contribution is 2.20. The first-order valence-electron chi connectivity index (χ1n) is 6.85. The van der Waals surface area contributed by atoms with E-state index < -0.39 is 0 Å². The third kappa shape index (κ3) is 4.05. The number of anilines is 2. The van der Waals surface area contributed by atoms with E-state index in [-0.39, 0.29) is 11.9 Å². The molecule has 3 N–H and O–H groups in total. The third-order valence-corrected chi connectivity index (χ3v) is 4.02. The molecule has 1 aromatic heterocycles. The normalized spacial score (nSPS) is 10.4. The lowest BCUT2D eigenvalue weighted by molar-refractivity contribution is 0.102. The summed E-state index contributed by atoms with van der Waals surface area (Å²) in [4.78, 5) is 27.6. The van der Waals surface area contributed by atoms with Crippen LogP contribution >= 0.6 is 11.3 Å². The number of carbonyl (C=O) groups excluding carboxylic acids is 2. The van der Waals surface area contributed by atoms with Gasteiger partial charge in [-0.2, -0.15) is 0 Å². The fourth-order valence-corrected chi connectivity index (χ4v) is 2.50. The van der Waals surface area contributed by atoms with Gasteiger partial charge in [0.05, 0.1) is 5.01 Å². The first-order valence-corrected chi connectivity index (χ1v) is 7.73. The minimum absolute atomic E-state index is 0.241. The van der Waals surface area contributed by atoms with E-state index >= 15 is 0 Å². The zero-order valence-corrected chi connectivity index (χ0v) is 13.5. The predicted molar refractivity (Wildman–Crippen MR) is 88.7 cm³/mol. The van der Waals surface area contributed by atoms with Crippen LogP contribution in [0.4, 0.5) is 16.2 Å². The number of amides is 3. The number of hydrogen-bond acceptors (Lipinski definition) is 4. The fraction of sp³-hybridized carbons (Fsp3) is 0.267. The Morgan fingerprint density at radius 1 is 1.09 bits per heavy atom. The van der Waals surface area contributed by atoms with Crippen molar-refractivity contribution in [1.82, 2.24) is 10.3 Å². The Hall–Kier alpha value is -2.41. The van der Waals surface area contributed by atoms with Crippen molar-refractivity contribution in [2.45, 2.75) is 19.8 Å². The number of thiazole rings is 1. The second-order valence-corrected chi connectivity index (χ2v) is 5.85. The van der Waals surface area contributed by atoms with E-state index in [0.717, 1.165) is 5.01 Å². The quantitative estimate of drug-likeness (QED) is 0.809. The number of nitrogens with one attached hydrogen (secondary N) is 3.